The van der Waals surface area contributed by atoms with Crippen molar-refractivity contribution in [2.24, 2.45) is 0 Å². The topological polar surface area (TPSA) is 68.3 Å². The summed E-state index contributed by atoms with van der Waals surface area (Å²) < 4.78 is 46.1. The summed E-state index contributed by atoms with van der Waals surface area (Å²) in [6, 6.07) is 0. The maximum atomic E-state index is 11.9. The van der Waals surface area contributed by atoms with Gasteiger partial charge in [-0.1, -0.05) is 39.0 Å². The molecule has 1 aliphatic heterocycles. The molecule has 0 fully saturated rings. The Morgan fingerprint density at radius 1 is 1.11 bits per heavy atom. The van der Waals surface area contributed by atoms with Gasteiger partial charge in [-0.05, 0) is 12.8 Å². The number of rotatable bonds is 8. The van der Waals surface area contributed by atoms with E-state index in [1.165, 1.54) is 12.8 Å². The fourth-order valence-corrected chi connectivity index (χ4v) is 5.55. The van der Waals surface area contributed by atoms with Crippen LogP contribution in [-0.2, 0) is 19.7 Å². The van der Waals surface area contributed by atoms with Crippen LogP contribution in [-0.4, -0.2) is 28.3 Å². The lowest BCUT2D eigenvalue weighted by molar-refractivity contribution is 0.588. The molecule has 0 atom stereocenters. The molecule has 1 aliphatic rings. The minimum Gasteiger partial charge on any atom is -0.224 e. The molecule has 18 heavy (non-hydrogen) atoms. The average Bonchev–Trinajstić information content (AvgIpc) is 2.65. The van der Waals surface area contributed by atoms with Gasteiger partial charge in [0.2, 0.25) is 0 Å². The highest BCUT2D eigenvalue weighted by Crippen LogP contribution is 2.23. The summed E-state index contributed by atoms with van der Waals surface area (Å²) in [7, 11) is -6.60. The average molecular weight is 294 g/mol. The van der Waals surface area contributed by atoms with Crippen molar-refractivity contribution in [1.82, 2.24) is 0 Å². The number of allylic oxidation sites excluding steroid dienone is 1. The predicted molar refractivity (Wildman–Crippen MR) is 73.6 cm³/mol. The maximum absolute atomic E-state index is 11.9. The quantitative estimate of drug-likeness (QED) is 0.645. The lowest BCUT2D eigenvalue weighted by atomic mass is 10.1. The van der Waals surface area contributed by atoms with Crippen LogP contribution < -0.4 is 0 Å². The molecule has 0 aromatic heterocycles. The van der Waals surface area contributed by atoms with Gasteiger partial charge >= 0.3 is 0 Å². The van der Waals surface area contributed by atoms with Gasteiger partial charge in [0.05, 0.1) is 16.4 Å². The van der Waals surface area contributed by atoms with Crippen molar-refractivity contribution in [2.75, 3.05) is 11.5 Å². The standard InChI is InChI=1S/C12H22O4S2/c1-2-3-4-5-6-7-9-18(15,16)12-8-10-17(13,14)11-12/h11H,2-10H2,1H3. The molecule has 0 aromatic carbocycles. The largest absolute Gasteiger partial charge is 0.224 e. The first-order valence-corrected chi connectivity index (χ1v) is 9.90. The van der Waals surface area contributed by atoms with Gasteiger partial charge in [0, 0.05) is 5.41 Å². The molecule has 0 saturated carbocycles. The van der Waals surface area contributed by atoms with Gasteiger partial charge in [0.1, 0.15) is 0 Å². The Bertz CT molecular complexity index is 486. The van der Waals surface area contributed by atoms with Crippen LogP contribution in [0.2, 0.25) is 0 Å². The van der Waals surface area contributed by atoms with E-state index in [0.717, 1.165) is 24.7 Å². The van der Waals surface area contributed by atoms with Crippen molar-refractivity contribution in [3.8, 4) is 0 Å². The SMILES string of the molecule is CCCCCCCCS(=O)(=O)C1=CS(=O)(=O)CC1. The van der Waals surface area contributed by atoms with Crippen molar-refractivity contribution in [3.05, 3.63) is 10.3 Å². The summed E-state index contributed by atoms with van der Waals surface area (Å²) in [5.41, 5.74) is 0. The first-order valence-electron chi connectivity index (χ1n) is 6.53. The molecular weight excluding hydrogens is 272 g/mol. The Morgan fingerprint density at radius 2 is 1.72 bits per heavy atom. The summed E-state index contributed by atoms with van der Waals surface area (Å²) in [5, 5.41) is 0.944. The van der Waals surface area contributed by atoms with Gasteiger partial charge in [-0.25, -0.2) is 16.8 Å². The van der Waals surface area contributed by atoms with Crippen LogP contribution in [0.3, 0.4) is 0 Å². The number of sulfone groups is 2. The zero-order valence-corrected chi connectivity index (χ0v) is 12.5. The Hall–Kier alpha value is -0.360. The fraction of sp³-hybridized carbons (Fsp3) is 0.833. The Labute approximate surface area is 110 Å². The number of hydrogen-bond donors (Lipinski definition) is 0. The van der Waals surface area contributed by atoms with E-state index >= 15 is 0 Å². The van der Waals surface area contributed by atoms with Crippen molar-refractivity contribution in [1.29, 1.82) is 0 Å². The minimum absolute atomic E-state index is 0.0575. The van der Waals surface area contributed by atoms with E-state index < -0.39 is 19.7 Å². The monoisotopic (exact) mass is 294 g/mol. The molecule has 0 bridgehead atoms. The lowest BCUT2D eigenvalue weighted by Gasteiger charge is -2.04. The van der Waals surface area contributed by atoms with E-state index in [0.29, 0.717) is 6.42 Å². The van der Waals surface area contributed by atoms with Crippen LogP contribution in [0.5, 0.6) is 0 Å². The van der Waals surface area contributed by atoms with Gasteiger partial charge < -0.3 is 0 Å². The fourth-order valence-electron chi connectivity index (χ4n) is 1.99. The van der Waals surface area contributed by atoms with Crippen molar-refractivity contribution in [2.45, 2.75) is 51.9 Å². The van der Waals surface area contributed by atoms with E-state index in [1.807, 2.05) is 0 Å². The third-order valence-corrected chi connectivity index (χ3v) is 6.62. The van der Waals surface area contributed by atoms with Gasteiger partial charge in [-0.3, -0.25) is 0 Å². The first kappa shape index (κ1) is 15.7. The second kappa shape index (κ2) is 6.70. The molecule has 0 radical (unpaired) electrons. The van der Waals surface area contributed by atoms with Crippen molar-refractivity contribution < 1.29 is 16.8 Å². The number of unbranched alkanes of at least 4 members (excludes halogenated alkanes) is 5. The molecule has 6 heteroatoms. The molecule has 0 aromatic rings. The zero-order chi connectivity index (χ0) is 13.6. The van der Waals surface area contributed by atoms with Gasteiger partial charge in [0.15, 0.2) is 19.7 Å². The van der Waals surface area contributed by atoms with E-state index in [4.69, 9.17) is 0 Å². The maximum Gasteiger partial charge on any atom is 0.175 e. The summed E-state index contributed by atoms with van der Waals surface area (Å²) >= 11 is 0. The van der Waals surface area contributed by atoms with Crippen LogP contribution >= 0.6 is 0 Å². The van der Waals surface area contributed by atoms with Crippen LogP contribution in [0.15, 0.2) is 10.3 Å². The smallest absolute Gasteiger partial charge is 0.175 e. The normalized spacial score (nSPS) is 18.8. The summed E-state index contributed by atoms with van der Waals surface area (Å²) in [6.07, 6.45) is 6.25. The van der Waals surface area contributed by atoms with Crippen LogP contribution in [0.1, 0.15) is 51.9 Å². The molecule has 4 nitrogen and oxygen atoms in total. The summed E-state index contributed by atoms with van der Waals surface area (Å²) in [4.78, 5) is 0.107. The molecule has 0 spiro atoms. The molecule has 1 heterocycles. The molecule has 0 unspecified atom stereocenters. The van der Waals surface area contributed by atoms with Gasteiger partial charge in [-0.15, -0.1) is 0 Å². The lowest BCUT2D eigenvalue weighted by Crippen LogP contribution is -2.08. The highest BCUT2D eigenvalue weighted by atomic mass is 32.2. The Morgan fingerprint density at radius 3 is 2.28 bits per heavy atom. The molecule has 0 saturated heterocycles. The highest BCUT2D eigenvalue weighted by molar-refractivity contribution is 7.99. The molecule has 0 N–H and O–H groups in total. The van der Waals surface area contributed by atoms with Crippen LogP contribution in [0, 0.1) is 0 Å². The predicted octanol–water partition coefficient (Wildman–Crippen LogP) is 2.42. The molecule has 1 rings (SSSR count). The van der Waals surface area contributed by atoms with E-state index in [-0.39, 0.29) is 22.8 Å². The van der Waals surface area contributed by atoms with Crippen molar-refractivity contribution in [3.63, 3.8) is 0 Å². The molecule has 0 amide bonds. The Kier molecular flexibility index (Phi) is 5.85. The minimum atomic E-state index is -3.34. The Balaban J connectivity index is 2.38. The van der Waals surface area contributed by atoms with Gasteiger partial charge in [0.25, 0.3) is 0 Å². The second-order valence-electron chi connectivity index (χ2n) is 4.79. The first-order chi connectivity index (χ1) is 8.37. The second-order valence-corrected chi connectivity index (χ2v) is 8.92. The number of hydrogen-bond acceptors (Lipinski definition) is 4. The zero-order valence-electron chi connectivity index (χ0n) is 10.9. The van der Waals surface area contributed by atoms with Crippen molar-refractivity contribution >= 4 is 19.7 Å². The molecule has 0 aliphatic carbocycles. The third-order valence-electron chi connectivity index (χ3n) is 3.11. The van der Waals surface area contributed by atoms with Gasteiger partial charge in [-0.2, -0.15) is 0 Å². The van der Waals surface area contributed by atoms with Crippen LogP contribution in [0.25, 0.3) is 0 Å². The summed E-state index contributed by atoms with van der Waals surface area (Å²) in [5.74, 6) is 0.0263. The summed E-state index contributed by atoms with van der Waals surface area (Å²) in [6.45, 7) is 2.14. The molecular formula is C12H22O4S2. The van der Waals surface area contributed by atoms with E-state index in [1.54, 1.807) is 0 Å². The highest BCUT2D eigenvalue weighted by Gasteiger charge is 2.27. The third kappa shape index (κ3) is 5.10. The van der Waals surface area contributed by atoms with E-state index in [9.17, 15) is 16.8 Å². The van der Waals surface area contributed by atoms with Crippen LogP contribution in [0.4, 0.5) is 0 Å². The molecule has 106 valence electrons. The van der Waals surface area contributed by atoms with E-state index in [2.05, 4.69) is 6.92 Å².